The zero-order valence-corrected chi connectivity index (χ0v) is 19.4. The second-order valence-electron chi connectivity index (χ2n) is 8.51. The normalized spacial score (nSPS) is 14.0. The number of ether oxygens (including phenoxy) is 1. The predicted octanol–water partition coefficient (Wildman–Crippen LogP) is 4.26. The van der Waals surface area contributed by atoms with Crippen LogP contribution in [0.15, 0.2) is 48.5 Å². The molecule has 0 fully saturated rings. The van der Waals surface area contributed by atoms with Crippen LogP contribution < -0.4 is 5.32 Å². The minimum Gasteiger partial charge on any atom is -0.481 e. The summed E-state index contributed by atoms with van der Waals surface area (Å²) >= 11 is 0. The lowest BCUT2D eigenvalue weighted by molar-refractivity contribution is -0.142. The molecule has 0 aromatic heterocycles. The summed E-state index contributed by atoms with van der Waals surface area (Å²) in [6.07, 6.45) is -0.399. The first-order valence-corrected chi connectivity index (χ1v) is 11.5. The Morgan fingerprint density at radius 3 is 2.12 bits per heavy atom. The van der Waals surface area contributed by atoms with E-state index in [1.165, 1.54) is 0 Å². The van der Waals surface area contributed by atoms with Gasteiger partial charge in [0.1, 0.15) is 12.6 Å². The third-order valence-electron chi connectivity index (χ3n) is 6.23. The van der Waals surface area contributed by atoms with E-state index in [0.717, 1.165) is 28.7 Å². The highest BCUT2D eigenvalue weighted by Crippen LogP contribution is 2.44. The number of carboxylic acid groups (broad SMARTS) is 1. The molecule has 3 rings (SSSR count). The monoisotopic (exact) mass is 452 g/mol. The maximum atomic E-state index is 13.0. The van der Waals surface area contributed by atoms with E-state index < -0.39 is 30.4 Å². The molecule has 0 heterocycles. The van der Waals surface area contributed by atoms with Gasteiger partial charge in [-0.15, -0.1) is 0 Å². The molecule has 1 aliphatic carbocycles. The average Bonchev–Trinajstić information content (AvgIpc) is 3.13. The van der Waals surface area contributed by atoms with E-state index in [-0.39, 0.29) is 18.4 Å². The molecule has 2 aromatic carbocycles. The van der Waals surface area contributed by atoms with Crippen molar-refractivity contribution in [3.8, 4) is 11.1 Å². The Labute approximate surface area is 194 Å². The van der Waals surface area contributed by atoms with Crippen LogP contribution in [0.2, 0.25) is 0 Å². The molecule has 0 saturated carbocycles. The molecule has 2 unspecified atom stereocenters. The zero-order valence-electron chi connectivity index (χ0n) is 19.4. The minimum atomic E-state index is -1.18. The first-order valence-electron chi connectivity index (χ1n) is 11.5. The van der Waals surface area contributed by atoms with Crippen LogP contribution in [0.3, 0.4) is 0 Å². The fraction of sp³-hybridized carbons (Fsp3) is 0.423. The topological polar surface area (TPSA) is 95.9 Å². The van der Waals surface area contributed by atoms with Crippen LogP contribution in [0, 0.1) is 5.92 Å². The summed E-state index contributed by atoms with van der Waals surface area (Å²) in [7, 11) is 0. The highest BCUT2D eigenvalue weighted by Gasteiger charge is 2.31. The van der Waals surface area contributed by atoms with Crippen molar-refractivity contribution < 1.29 is 24.2 Å². The molecule has 1 aliphatic rings. The highest BCUT2D eigenvalue weighted by molar-refractivity contribution is 5.89. The highest BCUT2D eigenvalue weighted by atomic mass is 16.5. The van der Waals surface area contributed by atoms with E-state index >= 15 is 0 Å². The second-order valence-corrected chi connectivity index (χ2v) is 8.51. The summed E-state index contributed by atoms with van der Waals surface area (Å²) in [5.74, 6) is -1.41. The van der Waals surface area contributed by atoms with Gasteiger partial charge in [0, 0.05) is 19.0 Å². The number of fused-ring (bicyclic) bond motifs is 3. The van der Waals surface area contributed by atoms with Gasteiger partial charge >= 0.3 is 12.1 Å². The number of amides is 2. The molecule has 0 saturated heterocycles. The maximum absolute atomic E-state index is 13.0. The molecule has 7 nitrogen and oxygen atoms in total. The molecular formula is C26H32N2O5. The van der Waals surface area contributed by atoms with Gasteiger partial charge in [-0.25, -0.2) is 4.79 Å². The third kappa shape index (κ3) is 5.72. The fourth-order valence-electron chi connectivity index (χ4n) is 4.26. The summed E-state index contributed by atoms with van der Waals surface area (Å²) in [6, 6.07) is 14.8. The van der Waals surface area contributed by atoms with E-state index in [4.69, 9.17) is 4.74 Å². The van der Waals surface area contributed by atoms with E-state index in [1.807, 2.05) is 69.3 Å². The molecule has 0 bridgehead atoms. The third-order valence-corrected chi connectivity index (χ3v) is 6.23. The summed E-state index contributed by atoms with van der Waals surface area (Å²) in [6.45, 7) is 6.94. The van der Waals surface area contributed by atoms with Crippen LogP contribution in [-0.2, 0) is 14.3 Å². The second kappa shape index (κ2) is 11.0. The molecule has 0 spiro atoms. The molecule has 33 heavy (non-hydrogen) atoms. The molecule has 2 N–H and O–H groups in total. The molecule has 176 valence electrons. The van der Waals surface area contributed by atoms with Crippen LogP contribution in [0.5, 0.6) is 0 Å². The smallest absolute Gasteiger partial charge is 0.407 e. The van der Waals surface area contributed by atoms with Crippen molar-refractivity contribution >= 4 is 18.0 Å². The Morgan fingerprint density at radius 2 is 1.61 bits per heavy atom. The van der Waals surface area contributed by atoms with Gasteiger partial charge in [-0.3, -0.25) is 9.59 Å². The Balaban J connectivity index is 1.69. The van der Waals surface area contributed by atoms with Gasteiger partial charge in [-0.05, 0) is 35.1 Å². The summed E-state index contributed by atoms with van der Waals surface area (Å²) in [5, 5.41) is 11.8. The fourth-order valence-corrected chi connectivity index (χ4v) is 4.26. The van der Waals surface area contributed by atoms with Crippen molar-refractivity contribution in [1.29, 1.82) is 0 Å². The molecule has 0 radical (unpaired) electrons. The average molecular weight is 453 g/mol. The number of nitrogens with one attached hydrogen (secondary N) is 1. The van der Waals surface area contributed by atoms with Gasteiger partial charge in [-0.2, -0.15) is 0 Å². The van der Waals surface area contributed by atoms with Crippen LogP contribution in [0.1, 0.15) is 50.7 Å². The van der Waals surface area contributed by atoms with Gasteiger partial charge < -0.3 is 20.1 Å². The molecule has 2 aromatic rings. The Morgan fingerprint density at radius 1 is 1.03 bits per heavy atom. The molecule has 2 atom stereocenters. The SMILES string of the molecule is CCC(C)CN(CC)C(=O)C(CC(=O)O)NC(=O)OCC1c2ccccc2-c2ccccc21. The Hall–Kier alpha value is -3.35. The number of nitrogens with zero attached hydrogens (tertiary/aromatic N) is 1. The van der Waals surface area contributed by atoms with Crippen LogP contribution >= 0.6 is 0 Å². The lowest BCUT2D eigenvalue weighted by atomic mass is 9.98. The standard InChI is InChI=1S/C26H32N2O5/c1-4-17(3)15-28(5-2)25(31)23(14-24(29)30)27-26(32)33-16-22-20-12-8-6-10-18(20)19-11-7-9-13-21(19)22/h6-13,17,22-23H,4-5,14-16H2,1-3H3,(H,27,32)(H,29,30). The van der Waals surface area contributed by atoms with E-state index in [1.54, 1.807) is 4.90 Å². The summed E-state index contributed by atoms with van der Waals surface area (Å²) < 4.78 is 5.50. The number of hydrogen-bond donors (Lipinski definition) is 2. The number of carbonyl (C=O) groups excluding carboxylic acids is 2. The van der Waals surface area contributed by atoms with Crippen molar-refractivity contribution in [2.24, 2.45) is 5.92 Å². The van der Waals surface area contributed by atoms with Crippen molar-refractivity contribution in [2.45, 2.75) is 45.6 Å². The number of likely N-dealkylation sites (N-methyl/N-ethyl adjacent to an activating group) is 1. The van der Waals surface area contributed by atoms with Crippen molar-refractivity contribution in [2.75, 3.05) is 19.7 Å². The largest absolute Gasteiger partial charge is 0.481 e. The first kappa shape index (κ1) is 24.3. The van der Waals surface area contributed by atoms with Gasteiger partial charge in [0.25, 0.3) is 0 Å². The van der Waals surface area contributed by atoms with E-state index in [0.29, 0.717) is 13.1 Å². The van der Waals surface area contributed by atoms with E-state index in [9.17, 15) is 19.5 Å². The van der Waals surface area contributed by atoms with Gasteiger partial charge in [0.05, 0.1) is 6.42 Å². The van der Waals surface area contributed by atoms with Gasteiger partial charge in [0.15, 0.2) is 0 Å². The lowest BCUT2D eigenvalue weighted by Gasteiger charge is -2.28. The van der Waals surface area contributed by atoms with Crippen LogP contribution in [0.25, 0.3) is 11.1 Å². The van der Waals surface area contributed by atoms with Crippen molar-refractivity contribution in [3.05, 3.63) is 59.7 Å². The number of hydrogen-bond acceptors (Lipinski definition) is 4. The zero-order chi connectivity index (χ0) is 24.0. The lowest BCUT2D eigenvalue weighted by Crippen LogP contribution is -2.50. The maximum Gasteiger partial charge on any atom is 0.407 e. The van der Waals surface area contributed by atoms with Crippen LogP contribution in [-0.4, -0.2) is 53.7 Å². The number of aliphatic carboxylic acids is 1. The Kier molecular flexibility index (Phi) is 8.09. The van der Waals surface area contributed by atoms with E-state index in [2.05, 4.69) is 5.32 Å². The quantitative estimate of drug-likeness (QED) is 0.561. The molecule has 7 heteroatoms. The molecule has 0 aliphatic heterocycles. The predicted molar refractivity (Wildman–Crippen MR) is 126 cm³/mol. The van der Waals surface area contributed by atoms with Crippen LogP contribution in [0.4, 0.5) is 4.79 Å². The number of carbonyl (C=O) groups is 3. The molecular weight excluding hydrogens is 420 g/mol. The van der Waals surface area contributed by atoms with Gasteiger partial charge in [0.2, 0.25) is 5.91 Å². The summed E-state index contributed by atoms with van der Waals surface area (Å²) in [4.78, 5) is 38.5. The minimum absolute atomic E-state index is 0.0954. The number of rotatable bonds is 10. The first-order chi connectivity index (χ1) is 15.8. The number of benzene rings is 2. The van der Waals surface area contributed by atoms with Crippen molar-refractivity contribution in [3.63, 3.8) is 0 Å². The number of alkyl carbamates (subject to hydrolysis) is 1. The van der Waals surface area contributed by atoms with Crippen molar-refractivity contribution in [1.82, 2.24) is 10.2 Å². The number of carboxylic acids is 1. The summed E-state index contributed by atoms with van der Waals surface area (Å²) in [5.41, 5.74) is 4.39. The molecule has 2 amide bonds. The van der Waals surface area contributed by atoms with Gasteiger partial charge in [-0.1, -0.05) is 68.8 Å². The Bertz CT molecular complexity index is 960.